The van der Waals surface area contributed by atoms with Crippen molar-refractivity contribution in [3.63, 3.8) is 0 Å². The molecule has 2 aromatic rings. The van der Waals surface area contributed by atoms with Gasteiger partial charge in [0.25, 0.3) is 0 Å². The first-order valence-electron chi connectivity index (χ1n) is 8.10. The molecule has 1 N–H and O–H groups in total. The van der Waals surface area contributed by atoms with E-state index in [1.807, 2.05) is 24.3 Å². The van der Waals surface area contributed by atoms with Crippen LogP contribution in [0.4, 0.5) is 10.5 Å². The number of amides is 5. The second kappa shape index (κ2) is 5.80. The maximum atomic E-state index is 12.2. The van der Waals surface area contributed by atoms with Crippen molar-refractivity contribution in [1.82, 2.24) is 9.80 Å². The van der Waals surface area contributed by atoms with Gasteiger partial charge in [0.05, 0.1) is 0 Å². The van der Waals surface area contributed by atoms with Gasteiger partial charge >= 0.3 is 17.8 Å². The van der Waals surface area contributed by atoms with E-state index in [1.165, 1.54) is 18.2 Å². The molecule has 0 radical (unpaired) electrons. The molecule has 0 unspecified atom stereocenters. The molecule has 1 heterocycles. The fraction of sp³-hybridized carbons (Fsp3) is 0.158. The van der Waals surface area contributed by atoms with E-state index >= 15 is 0 Å². The fourth-order valence-corrected chi connectivity index (χ4v) is 3.32. The number of carbonyl (C=O) groups is 4. The minimum absolute atomic E-state index is 0.495. The van der Waals surface area contributed by atoms with Crippen molar-refractivity contribution in [1.29, 1.82) is 0 Å². The molecule has 0 bridgehead atoms. The quantitative estimate of drug-likeness (QED) is 0.575. The molecule has 130 valence electrons. The number of fused-ring (bicyclic) bond motifs is 3. The van der Waals surface area contributed by atoms with E-state index in [4.69, 9.17) is 0 Å². The maximum Gasteiger partial charge on any atom is 0.334 e. The number of carbonyl (C=O) groups excluding carboxylic acids is 4. The van der Waals surface area contributed by atoms with Gasteiger partial charge in [-0.1, -0.05) is 30.3 Å². The smallest absolute Gasteiger partial charge is 0.325 e. The van der Waals surface area contributed by atoms with E-state index in [1.54, 1.807) is 6.07 Å². The largest absolute Gasteiger partial charge is 0.334 e. The zero-order chi connectivity index (χ0) is 18.4. The Morgan fingerprint density at radius 1 is 1.00 bits per heavy atom. The summed E-state index contributed by atoms with van der Waals surface area (Å²) in [5, 5.41) is 2.68. The number of likely N-dealkylation sites (N-methyl/N-ethyl adjacent to an activating group) is 1. The summed E-state index contributed by atoms with van der Waals surface area (Å²) in [6, 6.07) is 13.0. The lowest BCUT2D eigenvalue weighted by atomic mass is 10.1. The third-order valence-electron chi connectivity index (χ3n) is 4.63. The van der Waals surface area contributed by atoms with Gasteiger partial charge in [-0.25, -0.2) is 9.69 Å². The predicted octanol–water partition coefficient (Wildman–Crippen LogP) is 1.62. The van der Waals surface area contributed by atoms with Crippen LogP contribution in [-0.2, 0) is 20.8 Å². The lowest BCUT2D eigenvalue weighted by Crippen LogP contribution is -2.38. The lowest BCUT2D eigenvalue weighted by Gasteiger charge is -2.13. The summed E-state index contributed by atoms with van der Waals surface area (Å²) in [6.07, 6.45) is 0.789. The minimum atomic E-state index is -0.989. The Morgan fingerprint density at radius 2 is 1.73 bits per heavy atom. The number of hydrogen-bond donors (Lipinski definition) is 1. The van der Waals surface area contributed by atoms with Crippen LogP contribution in [0.1, 0.15) is 11.1 Å². The summed E-state index contributed by atoms with van der Waals surface area (Å²) in [7, 11) is 1.21. The van der Waals surface area contributed by atoms with Crippen molar-refractivity contribution in [2.75, 3.05) is 18.9 Å². The van der Waals surface area contributed by atoms with Gasteiger partial charge in [0.2, 0.25) is 5.91 Å². The Hall–Kier alpha value is -3.48. The van der Waals surface area contributed by atoms with Gasteiger partial charge in [0.15, 0.2) is 0 Å². The molecule has 1 aliphatic heterocycles. The number of rotatable bonds is 3. The van der Waals surface area contributed by atoms with Crippen molar-refractivity contribution < 1.29 is 19.2 Å². The normalized spacial score (nSPS) is 15.3. The molecule has 0 aromatic heterocycles. The summed E-state index contributed by atoms with van der Waals surface area (Å²) in [5.41, 5.74) is 5.25. The summed E-state index contributed by atoms with van der Waals surface area (Å²) in [5.74, 6) is -2.46. The van der Waals surface area contributed by atoms with Crippen LogP contribution in [0.25, 0.3) is 11.1 Å². The number of urea groups is 1. The molecule has 7 nitrogen and oxygen atoms in total. The lowest BCUT2D eigenvalue weighted by molar-refractivity contribution is -0.143. The second-order valence-electron chi connectivity index (χ2n) is 6.29. The van der Waals surface area contributed by atoms with E-state index in [9.17, 15) is 19.2 Å². The molecule has 0 atom stereocenters. The highest BCUT2D eigenvalue weighted by Crippen LogP contribution is 2.37. The first-order valence-corrected chi connectivity index (χ1v) is 8.10. The molecular weight excluding hydrogens is 334 g/mol. The van der Waals surface area contributed by atoms with E-state index in [0.29, 0.717) is 15.5 Å². The average Bonchev–Trinajstić information content (AvgIpc) is 3.08. The summed E-state index contributed by atoms with van der Waals surface area (Å²) >= 11 is 0. The molecule has 0 spiro atoms. The van der Waals surface area contributed by atoms with Crippen LogP contribution >= 0.6 is 0 Å². The van der Waals surface area contributed by atoms with Gasteiger partial charge in [-0.3, -0.25) is 19.3 Å². The van der Waals surface area contributed by atoms with Crippen LogP contribution < -0.4 is 5.32 Å². The van der Waals surface area contributed by atoms with E-state index in [-0.39, 0.29) is 0 Å². The summed E-state index contributed by atoms with van der Waals surface area (Å²) < 4.78 is 0. The van der Waals surface area contributed by atoms with Gasteiger partial charge in [-0.2, -0.15) is 0 Å². The Labute approximate surface area is 149 Å². The van der Waals surface area contributed by atoms with Crippen LogP contribution in [-0.4, -0.2) is 47.1 Å². The Kier molecular flexibility index (Phi) is 3.57. The zero-order valence-corrected chi connectivity index (χ0v) is 14.0. The highest BCUT2D eigenvalue weighted by atomic mass is 16.2. The predicted molar refractivity (Wildman–Crippen MR) is 93.2 cm³/mol. The van der Waals surface area contributed by atoms with Crippen LogP contribution in [0.2, 0.25) is 0 Å². The van der Waals surface area contributed by atoms with Gasteiger partial charge in [0.1, 0.15) is 6.54 Å². The highest BCUT2D eigenvalue weighted by Gasteiger charge is 2.42. The van der Waals surface area contributed by atoms with E-state index in [2.05, 4.69) is 17.4 Å². The standard InChI is InChI=1S/C19H15N3O4/c1-21-17(24)18(25)22(19(21)26)10-16(23)20-13-6-7-15-12(9-13)8-11-4-2-3-5-14(11)15/h2-7,9H,8,10H2,1H3,(H,20,23). The number of benzene rings is 2. The third kappa shape index (κ3) is 2.45. The molecule has 2 aliphatic rings. The molecule has 7 heteroatoms. The number of nitrogens with zero attached hydrogens (tertiary/aromatic N) is 2. The topological polar surface area (TPSA) is 86.8 Å². The Morgan fingerprint density at radius 3 is 2.46 bits per heavy atom. The molecule has 5 amide bonds. The van der Waals surface area contributed by atoms with Crippen LogP contribution in [0.5, 0.6) is 0 Å². The van der Waals surface area contributed by atoms with Gasteiger partial charge < -0.3 is 5.32 Å². The third-order valence-corrected chi connectivity index (χ3v) is 4.63. The Balaban J connectivity index is 1.48. The number of nitrogens with one attached hydrogen (secondary N) is 1. The molecule has 4 rings (SSSR count). The van der Waals surface area contributed by atoms with Crippen LogP contribution in [0, 0.1) is 0 Å². The Bertz CT molecular complexity index is 982. The SMILES string of the molecule is CN1C(=O)C(=O)N(CC(=O)Nc2ccc3c(c2)Cc2ccccc2-3)C1=O. The molecule has 1 aliphatic carbocycles. The fourth-order valence-electron chi connectivity index (χ4n) is 3.32. The maximum absolute atomic E-state index is 12.2. The zero-order valence-electron chi connectivity index (χ0n) is 14.0. The average molecular weight is 349 g/mol. The summed E-state index contributed by atoms with van der Waals surface area (Å²) in [6.45, 7) is -0.495. The van der Waals surface area contributed by atoms with Crippen molar-refractivity contribution in [3.8, 4) is 11.1 Å². The van der Waals surface area contributed by atoms with Gasteiger partial charge in [-0.05, 0) is 40.8 Å². The highest BCUT2D eigenvalue weighted by molar-refractivity contribution is 6.44. The molecular formula is C19H15N3O4. The minimum Gasteiger partial charge on any atom is -0.325 e. The first-order chi connectivity index (χ1) is 12.5. The first kappa shape index (κ1) is 16.0. The summed E-state index contributed by atoms with van der Waals surface area (Å²) in [4.78, 5) is 48.6. The molecule has 26 heavy (non-hydrogen) atoms. The van der Waals surface area contributed by atoms with Crippen molar-refractivity contribution in [2.24, 2.45) is 0 Å². The second-order valence-corrected chi connectivity index (χ2v) is 6.29. The molecule has 2 aromatic carbocycles. The number of imide groups is 2. The van der Waals surface area contributed by atoms with Crippen molar-refractivity contribution >= 4 is 29.4 Å². The van der Waals surface area contributed by atoms with Crippen molar-refractivity contribution in [3.05, 3.63) is 53.6 Å². The van der Waals surface area contributed by atoms with E-state index in [0.717, 1.165) is 17.5 Å². The van der Waals surface area contributed by atoms with Crippen molar-refractivity contribution in [2.45, 2.75) is 6.42 Å². The number of anilines is 1. The van der Waals surface area contributed by atoms with Gasteiger partial charge in [0, 0.05) is 12.7 Å². The van der Waals surface area contributed by atoms with E-state index < -0.39 is 30.3 Å². The molecule has 1 saturated heterocycles. The molecule has 1 fully saturated rings. The van der Waals surface area contributed by atoms with Crippen LogP contribution in [0.15, 0.2) is 42.5 Å². The van der Waals surface area contributed by atoms with Crippen LogP contribution in [0.3, 0.4) is 0 Å². The molecule has 0 saturated carbocycles. The number of hydrogen-bond acceptors (Lipinski definition) is 4. The monoisotopic (exact) mass is 349 g/mol. The van der Waals surface area contributed by atoms with Gasteiger partial charge in [-0.15, -0.1) is 0 Å².